The highest BCUT2D eigenvalue weighted by Gasteiger charge is 2.25. The van der Waals surface area contributed by atoms with E-state index in [1.807, 2.05) is 35.2 Å². The van der Waals surface area contributed by atoms with Crippen LogP contribution in [0.2, 0.25) is 0 Å². The largest absolute Gasteiger partial charge is 0.309 e. The molecule has 0 atom stereocenters. The summed E-state index contributed by atoms with van der Waals surface area (Å²) < 4.78 is 0. The number of carbonyl (C=O) groups excluding carboxylic acids is 1. The highest BCUT2D eigenvalue weighted by molar-refractivity contribution is 6.07. The van der Waals surface area contributed by atoms with E-state index in [4.69, 9.17) is 0 Å². The van der Waals surface area contributed by atoms with Gasteiger partial charge in [0.15, 0.2) is 0 Å². The minimum Gasteiger partial charge on any atom is -0.309 e. The molecule has 0 fully saturated rings. The summed E-state index contributed by atoms with van der Waals surface area (Å²) in [7, 11) is 0. The van der Waals surface area contributed by atoms with Crippen molar-refractivity contribution in [3.05, 3.63) is 100 Å². The van der Waals surface area contributed by atoms with Gasteiger partial charge in [-0.15, -0.1) is 0 Å². The zero-order chi connectivity index (χ0) is 19.8. The maximum atomic E-state index is 13.1. The molecule has 3 nitrogen and oxygen atoms in total. The first-order valence-electron chi connectivity index (χ1n) is 10.5. The van der Waals surface area contributed by atoms with E-state index >= 15 is 0 Å². The van der Waals surface area contributed by atoms with Crippen molar-refractivity contribution in [1.82, 2.24) is 5.32 Å². The Bertz CT molecular complexity index is 1050. The molecule has 3 aromatic carbocycles. The zero-order valence-electron chi connectivity index (χ0n) is 16.8. The molecule has 5 rings (SSSR count). The van der Waals surface area contributed by atoms with Crippen molar-refractivity contribution in [2.24, 2.45) is 0 Å². The summed E-state index contributed by atoms with van der Waals surface area (Å²) >= 11 is 0. The van der Waals surface area contributed by atoms with Gasteiger partial charge >= 0.3 is 0 Å². The molecule has 1 aliphatic heterocycles. The number of fused-ring (bicyclic) bond motifs is 2. The standard InChI is InChI=1S/C26H26N2O/c1-18-14-22(26(29)28-13-12-19-6-4-5-9-25(19)28)10-11-23(18)17-27-24-15-20-7-2-3-8-21(20)16-24/h2-11,14,24,27H,12-13,15-17H2,1H3. The molecule has 1 amide bonds. The van der Waals surface area contributed by atoms with Crippen molar-refractivity contribution < 1.29 is 4.79 Å². The van der Waals surface area contributed by atoms with Crippen LogP contribution < -0.4 is 10.2 Å². The second kappa shape index (κ2) is 7.49. The molecule has 0 radical (unpaired) electrons. The molecule has 0 saturated carbocycles. The van der Waals surface area contributed by atoms with Gasteiger partial charge in [0.05, 0.1) is 0 Å². The lowest BCUT2D eigenvalue weighted by molar-refractivity contribution is 0.0989. The van der Waals surface area contributed by atoms with Gasteiger partial charge in [0.1, 0.15) is 0 Å². The third-order valence-corrected chi connectivity index (χ3v) is 6.35. The molecule has 1 aliphatic carbocycles. The van der Waals surface area contributed by atoms with Gasteiger partial charge in [0.25, 0.3) is 5.91 Å². The molecule has 29 heavy (non-hydrogen) atoms. The van der Waals surface area contributed by atoms with Crippen LogP contribution in [0.1, 0.15) is 38.2 Å². The fraction of sp³-hybridized carbons (Fsp3) is 0.269. The predicted octanol–water partition coefficient (Wildman–Crippen LogP) is 4.45. The van der Waals surface area contributed by atoms with Crippen LogP contribution in [0.4, 0.5) is 5.69 Å². The number of amides is 1. The van der Waals surface area contributed by atoms with E-state index in [-0.39, 0.29) is 5.91 Å². The van der Waals surface area contributed by atoms with E-state index in [1.165, 1.54) is 27.8 Å². The maximum Gasteiger partial charge on any atom is 0.258 e. The number of nitrogens with zero attached hydrogens (tertiary/aromatic N) is 1. The van der Waals surface area contributed by atoms with Crippen molar-refractivity contribution >= 4 is 11.6 Å². The van der Waals surface area contributed by atoms with Gasteiger partial charge in [0.2, 0.25) is 0 Å². The van der Waals surface area contributed by atoms with Gasteiger partial charge in [-0.25, -0.2) is 0 Å². The monoisotopic (exact) mass is 382 g/mol. The fourth-order valence-electron chi connectivity index (χ4n) is 4.69. The van der Waals surface area contributed by atoms with Crippen molar-refractivity contribution in [3.63, 3.8) is 0 Å². The first kappa shape index (κ1) is 18.1. The Labute approximate surface area is 172 Å². The number of benzene rings is 3. The van der Waals surface area contributed by atoms with Gasteiger partial charge in [0, 0.05) is 30.4 Å². The van der Waals surface area contributed by atoms with Crippen LogP contribution in [-0.2, 0) is 25.8 Å². The van der Waals surface area contributed by atoms with Crippen LogP contribution in [0, 0.1) is 6.92 Å². The quantitative estimate of drug-likeness (QED) is 0.723. The predicted molar refractivity (Wildman–Crippen MR) is 117 cm³/mol. The lowest BCUT2D eigenvalue weighted by Crippen LogP contribution is -2.30. The number of aryl methyl sites for hydroxylation is 1. The van der Waals surface area contributed by atoms with E-state index in [0.29, 0.717) is 6.04 Å². The molecule has 2 aliphatic rings. The van der Waals surface area contributed by atoms with E-state index < -0.39 is 0 Å². The van der Waals surface area contributed by atoms with Crippen LogP contribution in [0.15, 0.2) is 66.7 Å². The van der Waals surface area contributed by atoms with Crippen LogP contribution in [-0.4, -0.2) is 18.5 Å². The smallest absolute Gasteiger partial charge is 0.258 e. The first-order valence-corrected chi connectivity index (χ1v) is 10.5. The maximum absolute atomic E-state index is 13.1. The molecule has 0 spiro atoms. The Balaban J connectivity index is 1.26. The highest BCUT2D eigenvalue weighted by atomic mass is 16.2. The van der Waals surface area contributed by atoms with E-state index in [9.17, 15) is 4.79 Å². The Hall–Kier alpha value is -2.91. The molecule has 0 aromatic heterocycles. The fourth-order valence-corrected chi connectivity index (χ4v) is 4.69. The summed E-state index contributed by atoms with van der Waals surface area (Å²) in [5.41, 5.74) is 8.46. The molecule has 0 saturated heterocycles. The Morgan fingerprint density at radius 2 is 1.66 bits per heavy atom. The Morgan fingerprint density at radius 1 is 0.966 bits per heavy atom. The van der Waals surface area contributed by atoms with E-state index in [1.54, 1.807) is 0 Å². The first-order chi connectivity index (χ1) is 14.2. The summed E-state index contributed by atoms with van der Waals surface area (Å²) in [5.74, 6) is 0.101. The average Bonchev–Trinajstić information content (AvgIpc) is 3.36. The second-order valence-corrected chi connectivity index (χ2v) is 8.23. The van der Waals surface area contributed by atoms with Crippen molar-refractivity contribution in [1.29, 1.82) is 0 Å². The van der Waals surface area contributed by atoms with Crippen molar-refractivity contribution in [3.8, 4) is 0 Å². The highest BCUT2D eigenvalue weighted by Crippen LogP contribution is 2.29. The number of para-hydroxylation sites is 1. The number of anilines is 1. The number of hydrogen-bond acceptors (Lipinski definition) is 2. The molecule has 3 heteroatoms. The number of carbonyl (C=O) groups is 1. The van der Waals surface area contributed by atoms with E-state index in [0.717, 1.165) is 43.6 Å². The molecule has 146 valence electrons. The summed E-state index contributed by atoms with van der Waals surface area (Å²) in [6, 6.07) is 23.6. The normalized spacial score (nSPS) is 15.4. The van der Waals surface area contributed by atoms with Crippen molar-refractivity contribution in [2.45, 2.75) is 38.8 Å². The Morgan fingerprint density at radius 3 is 2.38 bits per heavy atom. The van der Waals surface area contributed by atoms with Crippen LogP contribution in [0.5, 0.6) is 0 Å². The molecule has 3 aromatic rings. The number of rotatable bonds is 4. The Kier molecular flexibility index (Phi) is 4.69. The lowest BCUT2D eigenvalue weighted by Gasteiger charge is -2.19. The SMILES string of the molecule is Cc1cc(C(=O)N2CCc3ccccc32)ccc1CNC1Cc2ccccc2C1. The van der Waals surface area contributed by atoms with Crippen LogP contribution in [0.3, 0.4) is 0 Å². The third-order valence-electron chi connectivity index (χ3n) is 6.35. The summed E-state index contributed by atoms with van der Waals surface area (Å²) in [5, 5.41) is 3.71. The summed E-state index contributed by atoms with van der Waals surface area (Å²) in [4.78, 5) is 15.0. The summed E-state index contributed by atoms with van der Waals surface area (Å²) in [6.45, 7) is 3.71. The zero-order valence-corrected chi connectivity index (χ0v) is 16.8. The third kappa shape index (κ3) is 3.47. The van der Waals surface area contributed by atoms with Gasteiger partial charge in [-0.1, -0.05) is 48.5 Å². The summed E-state index contributed by atoms with van der Waals surface area (Å²) in [6.07, 6.45) is 3.13. The average molecular weight is 383 g/mol. The molecular formula is C26H26N2O. The molecule has 0 unspecified atom stereocenters. The minimum atomic E-state index is 0.101. The number of hydrogen-bond donors (Lipinski definition) is 1. The molecule has 1 N–H and O–H groups in total. The van der Waals surface area contributed by atoms with Gasteiger partial charge in [-0.2, -0.15) is 0 Å². The topological polar surface area (TPSA) is 32.3 Å². The second-order valence-electron chi connectivity index (χ2n) is 8.23. The molecule has 1 heterocycles. The van der Waals surface area contributed by atoms with Gasteiger partial charge < -0.3 is 10.2 Å². The van der Waals surface area contributed by atoms with Gasteiger partial charge in [-0.3, -0.25) is 4.79 Å². The molecular weight excluding hydrogens is 356 g/mol. The van der Waals surface area contributed by atoms with Crippen LogP contribution in [0.25, 0.3) is 0 Å². The molecule has 0 bridgehead atoms. The van der Waals surface area contributed by atoms with Crippen LogP contribution >= 0.6 is 0 Å². The van der Waals surface area contributed by atoms with Gasteiger partial charge in [-0.05, 0) is 72.2 Å². The number of nitrogens with one attached hydrogen (secondary N) is 1. The minimum absolute atomic E-state index is 0.101. The van der Waals surface area contributed by atoms with Crippen molar-refractivity contribution in [2.75, 3.05) is 11.4 Å². The lowest BCUT2D eigenvalue weighted by atomic mass is 10.0. The van der Waals surface area contributed by atoms with E-state index in [2.05, 4.69) is 48.6 Å².